The van der Waals surface area contributed by atoms with E-state index < -0.39 is 11.6 Å². The summed E-state index contributed by atoms with van der Waals surface area (Å²) < 4.78 is 27.5. The molecule has 1 amide bonds. The van der Waals surface area contributed by atoms with Crippen LogP contribution >= 0.6 is 0 Å². The fourth-order valence-electron chi connectivity index (χ4n) is 2.17. The Morgan fingerprint density at radius 2 is 2.00 bits per heavy atom. The number of fused-ring (bicyclic) bond motifs is 1. The quantitative estimate of drug-likeness (QED) is 0.755. The van der Waals surface area contributed by atoms with E-state index in [-0.39, 0.29) is 30.0 Å². The molecule has 20 heavy (non-hydrogen) atoms. The molecule has 7 heteroatoms. The minimum atomic E-state index is -0.766. The third-order valence-corrected chi connectivity index (χ3v) is 3.17. The van der Waals surface area contributed by atoms with Crippen molar-refractivity contribution in [2.75, 3.05) is 0 Å². The first kappa shape index (κ1) is 12.7. The summed E-state index contributed by atoms with van der Waals surface area (Å²) in [5, 5.41) is 0. The van der Waals surface area contributed by atoms with Gasteiger partial charge in [0.05, 0.1) is 24.3 Å². The minimum absolute atomic E-state index is 0.00523. The normalized spacial score (nSPS) is 13.7. The fraction of sp³-hybridized carbons (Fsp3) is 0.154. The second-order valence-corrected chi connectivity index (χ2v) is 4.51. The lowest BCUT2D eigenvalue weighted by Gasteiger charge is -2.16. The van der Waals surface area contributed by atoms with Gasteiger partial charge in [-0.3, -0.25) is 4.79 Å². The smallest absolute Gasteiger partial charge is 0.258 e. The van der Waals surface area contributed by atoms with Crippen LogP contribution in [0, 0.1) is 11.6 Å². The largest absolute Gasteiger partial charge is 0.328 e. The Labute approximate surface area is 114 Å². The monoisotopic (exact) mass is 271 g/mol. The molecular formula is C13H8BF2N3O. The lowest BCUT2D eigenvalue weighted by molar-refractivity contribution is 0.0763. The van der Waals surface area contributed by atoms with Crippen molar-refractivity contribution in [3.8, 4) is 0 Å². The van der Waals surface area contributed by atoms with Gasteiger partial charge in [-0.05, 0) is 12.1 Å². The summed E-state index contributed by atoms with van der Waals surface area (Å²) in [5.74, 6) is -1.87. The van der Waals surface area contributed by atoms with E-state index in [1.165, 1.54) is 17.4 Å². The van der Waals surface area contributed by atoms with Crippen LogP contribution in [0.4, 0.5) is 8.78 Å². The van der Waals surface area contributed by atoms with Crippen LogP contribution in [0.3, 0.4) is 0 Å². The Morgan fingerprint density at radius 1 is 1.30 bits per heavy atom. The number of carbonyl (C=O) groups is 1. The van der Waals surface area contributed by atoms with Crippen LogP contribution in [0.15, 0.2) is 24.7 Å². The summed E-state index contributed by atoms with van der Waals surface area (Å²) in [4.78, 5) is 21.1. The van der Waals surface area contributed by atoms with E-state index in [1.807, 2.05) is 0 Å². The van der Waals surface area contributed by atoms with Gasteiger partial charge < -0.3 is 4.90 Å². The third kappa shape index (κ3) is 2.05. The average Bonchev–Trinajstić information content (AvgIpc) is 2.71. The molecule has 1 aromatic heterocycles. The Balaban J connectivity index is 1.90. The average molecular weight is 271 g/mol. The van der Waals surface area contributed by atoms with E-state index in [0.29, 0.717) is 11.3 Å². The Hall–Kier alpha value is -2.31. The molecule has 0 saturated heterocycles. The molecule has 0 unspecified atom stereocenters. The molecule has 2 heterocycles. The summed E-state index contributed by atoms with van der Waals surface area (Å²) in [5.41, 5.74) is 0.740. The minimum Gasteiger partial charge on any atom is -0.328 e. The molecule has 0 spiro atoms. The maximum Gasteiger partial charge on any atom is 0.258 e. The summed E-state index contributed by atoms with van der Waals surface area (Å²) in [7, 11) is 5.35. The first-order valence-corrected chi connectivity index (χ1v) is 5.88. The second-order valence-electron chi connectivity index (χ2n) is 4.51. The lowest BCUT2D eigenvalue weighted by atomic mass is 9.94. The zero-order chi connectivity index (χ0) is 14.3. The van der Waals surface area contributed by atoms with Crippen LogP contribution in [0.2, 0.25) is 0 Å². The highest BCUT2D eigenvalue weighted by atomic mass is 19.1. The predicted molar refractivity (Wildman–Crippen MR) is 67.4 cm³/mol. The van der Waals surface area contributed by atoms with Gasteiger partial charge in [0, 0.05) is 11.8 Å². The molecule has 4 nitrogen and oxygen atoms in total. The molecule has 1 aromatic carbocycles. The molecule has 1 aliphatic rings. The van der Waals surface area contributed by atoms with E-state index >= 15 is 0 Å². The summed E-state index contributed by atoms with van der Waals surface area (Å²) in [6.45, 7) is 0.0348. The molecule has 3 rings (SSSR count). The number of hydrogen-bond acceptors (Lipinski definition) is 3. The van der Waals surface area contributed by atoms with Crippen molar-refractivity contribution in [2.45, 2.75) is 13.1 Å². The van der Waals surface area contributed by atoms with Gasteiger partial charge in [0.15, 0.2) is 0 Å². The maximum atomic E-state index is 13.7. The van der Waals surface area contributed by atoms with Crippen LogP contribution in [0.25, 0.3) is 0 Å². The van der Waals surface area contributed by atoms with Crippen molar-refractivity contribution < 1.29 is 13.6 Å². The molecule has 0 bridgehead atoms. The van der Waals surface area contributed by atoms with Gasteiger partial charge in [-0.15, -0.1) is 0 Å². The third-order valence-electron chi connectivity index (χ3n) is 3.17. The molecule has 0 saturated carbocycles. The molecule has 0 aliphatic carbocycles. The number of halogens is 2. The van der Waals surface area contributed by atoms with Crippen molar-refractivity contribution in [3.63, 3.8) is 0 Å². The van der Waals surface area contributed by atoms with Crippen molar-refractivity contribution in [2.24, 2.45) is 0 Å². The zero-order valence-corrected chi connectivity index (χ0v) is 10.3. The molecule has 0 fully saturated rings. The first-order chi connectivity index (χ1) is 9.56. The van der Waals surface area contributed by atoms with E-state index in [2.05, 4.69) is 9.97 Å². The lowest BCUT2D eigenvalue weighted by Crippen LogP contribution is -2.25. The molecule has 2 radical (unpaired) electrons. The van der Waals surface area contributed by atoms with Gasteiger partial charge in [-0.25, -0.2) is 18.7 Å². The Kier molecular flexibility index (Phi) is 2.96. The van der Waals surface area contributed by atoms with E-state index in [0.717, 1.165) is 12.1 Å². The number of aromatic nitrogens is 2. The predicted octanol–water partition coefficient (Wildman–Crippen LogP) is 0.705. The van der Waals surface area contributed by atoms with Gasteiger partial charge >= 0.3 is 0 Å². The van der Waals surface area contributed by atoms with Crippen LogP contribution in [-0.4, -0.2) is 28.6 Å². The number of amides is 1. The molecule has 98 valence electrons. The zero-order valence-electron chi connectivity index (χ0n) is 10.3. The van der Waals surface area contributed by atoms with Crippen molar-refractivity contribution in [1.29, 1.82) is 0 Å². The van der Waals surface area contributed by atoms with E-state index in [4.69, 9.17) is 7.85 Å². The van der Waals surface area contributed by atoms with Gasteiger partial charge in [0.25, 0.3) is 5.91 Å². The van der Waals surface area contributed by atoms with Gasteiger partial charge in [0.1, 0.15) is 25.8 Å². The molecule has 0 N–H and O–H groups in total. The highest BCUT2D eigenvalue weighted by Crippen LogP contribution is 2.23. The van der Waals surface area contributed by atoms with Crippen LogP contribution in [0.1, 0.15) is 21.6 Å². The molecular weight excluding hydrogens is 263 g/mol. The fourth-order valence-corrected chi connectivity index (χ4v) is 2.17. The number of rotatable bonds is 2. The molecule has 1 aliphatic heterocycles. The topological polar surface area (TPSA) is 46.1 Å². The molecule has 2 aromatic rings. The Bertz CT molecular complexity index is 685. The second kappa shape index (κ2) is 4.66. The number of hydrogen-bond donors (Lipinski definition) is 0. The van der Waals surface area contributed by atoms with Gasteiger partial charge in [0.2, 0.25) is 0 Å². The van der Waals surface area contributed by atoms with Crippen LogP contribution in [0.5, 0.6) is 0 Å². The SMILES string of the molecule is [B]c1cc(F)c(CN2Cc3ncncc3C2=O)c(F)c1. The summed E-state index contributed by atoms with van der Waals surface area (Å²) in [6.07, 6.45) is 2.74. The highest BCUT2D eigenvalue weighted by molar-refractivity contribution is 6.32. The summed E-state index contributed by atoms with van der Waals surface area (Å²) in [6, 6.07) is 2.07. The van der Waals surface area contributed by atoms with Crippen LogP contribution < -0.4 is 5.46 Å². The summed E-state index contributed by atoms with van der Waals surface area (Å²) >= 11 is 0. The number of benzene rings is 1. The van der Waals surface area contributed by atoms with Gasteiger partial charge in [-0.1, -0.05) is 5.46 Å². The van der Waals surface area contributed by atoms with Crippen LogP contribution in [-0.2, 0) is 13.1 Å². The molecule has 0 atom stereocenters. The van der Waals surface area contributed by atoms with E-state index in [1.54, 1.807) is 0 Å². The standard InChI is InChI=1S/C13H8BF2N3O/c14-7-1-10(15)9(11(16)2-7)4-19-5-12-8(13(19)20)3-17-6-18-12/h1-3,6H,4-5H2. The highest BCUT2D eigenvalue weighted by Gasteiger charge is 2.29. The number of carbonyl (C=O) groups excluding carboxylic acids is 1. The maximum absolute atomic E-state index is 13.7. The van der Waals surface area contributed by atoms with Crippen molar-refractivity contribution in [1.82, 2.24) is 14.9 Å². The van der Waals surface area contributed by atoms with Gasteiger partial charge in [-0.2, -0.15) is 0 Å². The number of nitrogens with zero attached hydrogens (tertiary/aromatic N) is 3. The van der Waals surface area contributed by atoms with Crippen molar-refractivity contribution in [3.05, 3.63) is 53.1 Å². The van der Waals surface area contributed by atoms with Crippen molar-refractivity contribution >= 4 is 19.2 Å². The first-order valence-electron chi connectivity index (χ1n) is 5.88. The Morgan fingerprint density at radius 3 is 2.65 bits per heavy atom. The van der Waals surface area contributed by atoms with E-state index in [9.17, 15) is 13.6 Å².